The SMILES string of the molecule is C=CCNC(=O)C(C)Oc1cc(CNCC)ccc1OC. The molecule has 0 saturated carbocycles. The highest BCUT2D eigenvalue weighted by Gasteiger charge is 2.16. The largest absolute Gasteiger partial charge is 0.493 e. The monoisotopic (exact) mass is 292 g/mol. The van der Waals surface area contributed by atoms with Gasteiger partial charge in [-0.15, -0.1) is 6.58 Å². The molecule has 0 radical (unpaired) electrons. The van der Waals surface area contributed by atoms with Gasteiger partial charge in [-0.1, -0.05) is 19.1 Å². The molecule has 2 N–H and O–H groups in total. The van der Waals surface area contributed by atoms with E-state index in [9.17, 15) is 4.79 Å². The smallest absolute Gasteiger partial charge is 0.261 e. The van der Waals surface area contributed by atoms with Gasteiger partial charge in [-0.05, 0) is 31.2 Å². The third-order valence-corrected chi connectivity index (χ3v) is 2.90. The summed E-state index contributed by atoms with van der Waals surface area (Å²) in [5.74, 6) is 0.988. The second-order valence-electron chi connectivity index (χ2n) is 4.56. The number of amides is 1. The molecule has 1 atom stereocenters. The molecule has 21 heavy (non-hydrogen) atoms. The summed E-state index contributed by atoms with van der Waals surface area (Å²) in [7, 11) is 1.58. The van der Waals surface area contributed by atoms with Gasteiger partial charge in [0.2, 0.25) is 0 Å². The Morgan fingerprint density at radius 1 is 1.43 bits per heavy atom. The van der Waals surface area contributed by atoms with Gasteiger partial charge in [0.25, 0.3) is 5.91 Å². The van der Waals surface area contributed by atoms with Gasteiger partial charge in [0.05, 0.1) is 7.11 Å². The van der Waals surface area contributed by atoms with Gasteiger partial charge < -0.3 is 20.1 Å². The molecule has 0 bridgehead atoms. The summed E-state index contributed by atoms with van der Waals surface area (Å²) in [6.45, 7) is 9.37. The molecule has 1 rings (SSSR count). The van der Waals surface area contributed by atoms with Crippen molar-refractivity contribution in [1.82, 2.24) is 10.6 Å². The molecule has 0 aliphatic rings. The van der Waals surface area contributed by atoms with E-state index in [0.717, 1.165) is 18.7 Å². The molecule has 0 fully saturated rings. The van der Waals surface area contributed by atoms with Crippen molar-refractivity contribution < 1.29 is 14.3 Å². The van der Waals surface area contributed by atoms with E-state index in [4.69, 9.17) is 9.47 Å². The third kappa shape index (κ3) is 5.47. The van der Waals surface area contributed by atoms with Crippen LogP contribution in [0.3, 0.4) is 0 Å². The van der Waals surface area contributed by atoms with E-state index >= 15 is 0 Å². The van der Waals surface area contributed by atoms with Crippen LogP contribution in [-0.4, -0.2) is 32.2 Å². The zero-order chi connectivity index (χ0) is 15.7. The molecule has 5 heteroatoms. The van der Waals surface area contributed by atoms with Crippen LogP contribution in [0.4, 0.5) is 0 Å². The Morgan fingerprint density at radius 3 is 2.81 bits per heavy atom. The lowest BCUT2D eigenvalue weighted by Gasteiger charge is -2.17. The Kier molecular flexibility index (Phi) is 7.32. The molecule has 0 aromatic heterocycles. The topological polar surface area (TPSA) is 59.6 Å². The predicted octanol–water partition coefficient (Wildman–Crippen LogP) is 1.87. The molecule has 1 aromatic rings. The molecule has 1 unspecified atom stereocenters. The van der Waals surface area contributed by atoms with Crippen molar-refractivity contribution in [2.45, 2.75) is 26.5 Å². The second-order valence-corrected chi connectivity index (χ2v) is 4.56. The Bertz CT molecular complexity index is 475. The van der Waals surface area contributed by atoms with Gasteiger partial charge in [0, 0.05) is 13.1 Å². The Morgan fingerprint density at radius 2 is 2.19 bits per heavy atom. The van der Waals surface area contributed by atoms with Crippen LogP contribution in [0.25, 0.3) is 0 Å². The summed E-state index contributed by atoms with van der Waals surface area (Å²) in [6, 6.07) is 5.70. The van der Waals surface area contributed by atoms with Crippen molar-refractivity contribution in [3.05, 3.63) is 36.4 Å². The Balaban J connectivity index is 2.78. The molecule has 1 aromatic carbocycles. The molecular weight excluding hydrogens is 268 g/mol. The van der Waals surface area contributed by atoms with E-state index < -0.39 is 6.10 Å². The zero-order valence-electron chi connectivity index (χ0n) is 12.9. The lowest BCUT2D eigenvalue weighted by Crippen LogP contribution is -2.36. The molecule has 0 saturated heterocycles. The van der Waals surface area contributed by atoms with E-state index in [1.165, 1.54) is 0 Å². The average Bonchev–Trinajstić information content (AvgIpc) is 2.50. The summed E-state index contributed by atoms with van der Waals surface area (Å²) >= 11 is 0. The number of methoxy groups -OCH3 is 1. The number of carbonyl (C=O) groups excluding carboxylic acids is 1. The summed E-state index contributed by atoms with van der Waals surface area (Å²) in [6.07, 6.45) is 1.02. The lowest BCUT2D eigenvalue weighted by molar-refractivity contribution is -0.127. The van der Waals surface area contributed by atoms with E-state index in [0.29, 0.717) is 18.0 Å². The number of hydrogen-bond acceptors (Lipinski definition) is 4. The first kappa shape index (κ1) is 17.0. The fraction of sp³-hybridized carbons (Fsp3) is 0.438. The highest BCUT2D eigenvalue weighted by atomic mass is 16.5. The van der Waals surface area contributed by atoms with Crippen LogP contribution in [0.5, 0.6) is 11.5 Å². The molecule has 5 nitrogen and oxygen atoms in total. The molecule has 116 valence electrons. The van der Waals surface area contributed by atoms with Crippen molar-refractivity contribution in [1.29, 1.82) is 0 Å². The fourth-order valence-electron chi connectivity index (χ4n) is 1.75. The maximum absolute atomic E-state index is 11.8. The lowest BCUT2D eigenvalue weighted by atomic mass is 10.2. The number of hydrogen-bond donors (Lipinski definition) is 2. The van der Waals surface area contributed by atoms with E-state index in [1.807, 2.05) is 25.1 Å². The van der Waals surface area contributed by atoms with Crippen LogP contribution in [0.15, 0.2) is 30.9 Å². The molecule has 0 aliphatic carbocycles. The van der Waals surface area contributed by atoms with Crippen LogP contribution >= 0.6 is 0 Å². The standard InChI is InChI=1S/C16H24N2O3/c1-5-9-18-16(19)12(3)21-15-10-13(11-17-6-2)7-8-14(15)20-4/h5,7-8,10,12,17H,1,6,9,11H2,2-4H3,(H,18,19). The quantitative estimate of drug-likeness (QED) is 0.682. The number of ether oxygens (including phenoxy) is 2. The van der Waals surface area contributed by atoms with Gasteiger partial charge in [-0.2, -0.15) is 0 Å². The van der Waals surface area contributed by atoms with Crippen molar-refractivity contribution in [3.63, 3.8) is 0 Å². The zero-order valence-corrected chi connectivity index (χ0v) is 12.9. The van der Waals surface area contributed by atoms with Crippen LogP contribution in [0.2, 0.25) is 0 Å². The minimum atomic E-state index is -0.603. The van der Waals surface area contributed by atoms with E-state index in [1.54, 1.807) is 20.1 Å². The minimum Gasteiger partial charge on any atom is -0.493 e. The fourth-order valence-corrected chi connectivity index (χ4v) is 1.75. The number of carbonyl (C=O) groups is 1. The summed E-state index contributed by atoms with van der Waals surface area (Å²) in [4.78, 5) is 11.8. The first-order chi connectivity index (χ1) is 10.1. The van der Waals surface area contributed by atoms with Gasteiger partial charge in [0.15, 0.2) is 17.6 Å². The first-order valence-electron chi connectivity index (χ1n) is 7.05. The van der Waals surface area contributed by atoms with Crippen molar-refractivity contribution >= 4 is 5.91 Å². The maximum atomic E-state index is 11.8. The molecule has 0 heterocycles. The third-order valence-electron chi connectivity index (χ3n) is 2.90. The van der Waals surface area contributed by atoms with Crippen molar-refractivity contribution in [2.75, 3.05) is 20.2 Å². The van der Waals surface area contributed by atoms with Crippen LogP contribution in [0, 0.1) is 0 Å². The maximum Gasteiger partial charge on any atom is 0.261 e. The molecule has 1 amide bonds. The van der Waals surface area contributed by atoms with Gasteiger partial charge in [-0.3, -0.25) is 4.79 Å². The highest BCUT2D eigenvalue weighted by Crippen LogP contribution is 2.29. The summed E-state index contributed by atoms with van der Waals surface area (Å²) in [5.41, 5.74) is 1.08. The average molecular weight is 292 g/mol. The first-order valence-corrected chi connectivity index (χ1v) is 7.05. The number of benzene rings is 1. The molecule has 0 spiro atoms. The van der Waals surface area contributed by atoms with Crippen molar-refractivity contribution in [2.24, 2.45) is 0 Å². The Hall–Kier alpha value is -2.01. The number of rotatable bonds is 9. The minimum absolute atomic E-state index is 0.186. The normalized spacial score (nSPS) is 11.6. The Labute approximate surface area is 126 Å². The van der Waals surface area contributed by atoms with Gasteiger partial charge >= 0.3 is 0 Å². The summed E-state index contributed by atoms with van der Waals surface area (Å²) in [5, 5.41) is 5.95. The number of nitrogens with one attached hydrogen (secondary N) is 2. The van der Waals surface area contributed by atoms with E-state index in [2.05, 4.69) is 17.2 Å². The van der Waals surface area contributed by atoms with Crippen LogP contribution in [-0.2, 0) is 11.3 Å². The van der Waals surface area contributed by atoms with Crippen LogP contribution < -0.4 is 20.1 Å². The molecular formula is C16H24N2O3. The summed E-state index contributed by atoms with van der Waals surface area (Å²) < 4.78 is 11.0. The van der Waals surface area contributed by atoms with Gasteiger partial charge in [-0.25, -0.2) is 0 Å². The molecule has 0 aliphatic heterocycles. The van der Waals surface area contributed by atoms with Crippen LogP contribution in [0.1, 0.15) is 19.4 Å². The van der Waals surface area contributed by atoms with Gasteiger partial charge in [0.1, 0.15) is 0 Å². The van der Waals surface area contributed by atoms with E-state index in [-0.39, 0.29) is 5.91 Å². The predicted molar refractivity (Wildman–Crippen MR) is 83.7 cm³/mol. The second kappa shape index (κ2) is 9.02. The van der Waals surface area contributed by atoms with Crippen molar-refractivity contribution in [3.8, 4) is 11.5 Å². The highest BCUT2D eigenvalue weighted by molar-refractivity contribution is 5.80.